The first-order chi connectivity index (χ1) is 7.61. The standard InChI is InChI=1S/C14H29NO/c1-6-8-13(15-9-7-2)14-10(3)11(4)16-12(14)5/h10-15H,6-9H2,1-5H3. The highest BCUT2D eigenvalue weighted by atomic mass is 16.5. The van der Waals surface area contributed by atoms with Crippen LogP contribution in [-0.2, 0) is 4.74 Å². The van der Waals surface area contributed by atoms with E-state index in [1.54, 1.807) is 0 Å². The van der Waals surface area contributed by atoms with Crippen LogP contribution in [-0.4, -0.2) is 24.8 Å². The van der Waals surface area contributed by atoms with Crippen LogP contribution in [0.15, 0.2) is 0 Å². The summed E-state index contributed by atoms with van der Waals surface area (Å²) in [6.07, 6.45) is 4.57. The van der Waals surface area contributed by atoms with Crippen LogP contribution < -0.4 is 5.32 Å². The van der Waals surface area contributed by atoms with E-state index in [1.165, 1.54) is 19.3 Å². The first-order valence-electron chi connectivity index (χ1n) is 7.00. The quantitative estimate of drug-likeness (QED) is 0.752. The minimum absolute atomic E-state index is 0.408. The normalized spacial score (nSPS) is 36.6. The molecule has 2 nitrogen and oxygen atoms in total. The predicted octanol–water partition coefficient (Wildman–Crippen LogP) is 3.21. The summed E-state index contributed by atoms with van der Waals surface area (Å²) in [5.74, 6) is 1.36. The van der Waals surface area contributed by atoms with Gasteiger partial charge in [-0.3, -0.25) is 0 Å². The second kappa shape index (κ2) is 6.61. The van der Waals surface area contributed by atoms with Gasteiger partial charge in [-0.25, -0.2) is 0 Å². The van der Waals surface area contributed by atoms with Crippen molar-refractivity contribution in [1.82, 2.24) is 5.32 Å². The molecule has 0 spiro atoms. The Morgan fingerprint density at radius 2 is 1.75 bits per heavy atom. The number of ether oxygens (including phenoxy) is 1. The molecular weight excluding hydrogens is 198 g/mol. The minimum atomic E-state index is 0.408. The lowest BCUT2D eigenvalue weighted by Gasteiger charge is -2.29. The SMILES string of the molecule is CCCNC(CCC)C1C(C)OC(C)C1C. The molecule has 0 aromatic rings. The van der Waals surface area contributed by atoms with Gasteiger partial charge >= 0.3 is 0 Å². The predicted molar refractivity (Wildman–Crippen MR) is 69.7 cm³/mol. The Kier molecular flexibility index (Phi) is 5.77. The second-order valence-corrected chi connectivity index (χ2v) is 5.33. The first kappa shape index (κ1) is 14.0. The summed E-state index contributed by atoms with van der Waals surface area (Å²) in [5.41, 5.74) is 0. The van der Waals surface area contributed by atoms with E-state index >= 15 is 0 Å². The lowest BCUT2D eigenvalue weighted by molar-refractivity contribution is 0.0472. The van der Waals surface area contributed by atoms with Gasteiger partial charge in [0, 0.05) is 12.0 Å². The van der Waals surface area contributed by atoms with Crippen molar-refractivity contribution in [3.05, 3.63) is 0 Å². The number of nitrogens with one attached hydrogen (secondary N) is 1. The Labute approximate surface area is 101 Å². The summed E-state index contributed by atoms with van der Waals surface area (Å²) in [7, 11) is 0. The fraction of sp³-hybridized carbons (Fsp3) is 1.00. The molecule has 96 valence electrons. The highest BCUT2D eigenvalue weighted by Crippen LogP contribution is 2.35. The molecule has 1 saturated heterocycles. The van der Waals surface area contributed by atoms with Crippen molar-refractivity contribution in [2.24, 2.45) is 11.8 Å². The molecule has 0 saturated carbocycles. The molecule has 0 aromatic heterocycles. The molecule has 2 heteroatoms. The summed E-state index contributed by atoms with van der Waals surface area (Å²) in [6, 6.07) is 0.639. The van der Waals surface area contributed by atoms with Crippen molar-refractivity contribution in [3.8, 4) is 0 Å². The summed E-state index contributed by atoms with van der Waals surface area (Å²) in [5, 5.41) is 3.71. The summed E-state index contributed by atoms with van der Waals surface area (Å²) in [6.45, 7) is 12.4. The molecule has 1 fully saturated rings. The Hall–Kier alpha value is -0.0800. The van der Waals surface area contributed by atoms with Crippen LogP contribution >= 0.6 is 0 Å². The van der Waals surface area contributed by atoms with Gasteiger partial charge in [-0.15, -0.1) is 0 Å². The molecule has 0 aliphatic carbocycles. The maximum absolute atomic E-state index is 5.95. The molecule has 1 heterocycles. The van der Waals surface area contributed by atoms with E-state index in [1.807, 2.05) is 0 Å². The van der Waals surface area contributed by atoms with Crippen LogP contribution in [0.3, 0.4) is 0 Å². The van der Waals surface area contributed by atoms with Gasteiger partial charge in [-0.2, -0.15) is 0 Å². The average Bonchev–Trinajstić information content (AvgIpc) is 2.49. The molecule has 0 aromatic carbocycles. The van der Waals surface area contributed by atoms with E-state index < -0.39 is 0 Å². The van der Waals surface area contributed by atoms with Crippen LogP contribution in [0, 0.1) is 11.8 Å². The van der Waals surface area contributed by atoms with Crippen molar-refractivity contribution in [2.75, 3.05) is 6.54 Å². The fourth-order valence-corrected chi connectivity index (χ4v) is 3.06. The molecule has 5 atom stereocenters. The van der Waals surface area contributed by atoms with Gasteiger partial charge in [0.1, 0.15) is 0 Å². The maximum atomic E-state index is 5.95. The van der Waals surface area contributed by atoms with Gasteiger partial charge in [-0.1, -0.05) is 27.2 Å². The highest BCUT2D eigenvalue weighted by molar-refractivity contribution is 4.91. The van der Waals surface area contributed by atoms with Gasteiger partial charge in [0.15, 0.2) is 0 Å². The topological polar surface area (TPSA) is 21.3 Å². The Morgan fingerprint density at radius 3 is 2.19 bits per heavy atom. The van der Waals surface area contributed by atoms with Crippen LogP contribution in [0.1, 0.15) is 53.9 Å². The van der Waals surface area contributed by atoms with Crippen LogP contribution in [0.5, 0.6) is 0 Å². The third-order valence-electron chi connectivity index (χ3n) is 4.04. The monoisotopic (exact) mass is 227 g/mol. The molecule has 0 radical (unpaired) electrons. The number of hydrogen-bond donors (Lipinski definition) is 1. The van der Waals surface area contributed by atoms with Crippen LogP contribution in [0.2, 0.25) is 0 Å². The molecule has 0 bridgehead atoms. The summed E-state index contributed by atoms with van der Waals surface area (Å²) >= 11 is 0. The Bertz CT molecular complexity index is 195. The van der Waals surface area contributed by atoms with Crippen LogP contribution in [0.25, 0.3) is 0 Å². The molecule has 1 aliphatic heterocycles. The van der Waals surface area contributed by atoms with Gasteiger partial charge in [-0.05, 0) is 39.2 Å². The minimum Gasteiger partial charge on any atom is -0.375 e. The second-order valence-electron chi connectivity index (χ2n) is 5.33. The smallest absolute Gasteiger partial charge is 0.0597 e. The molecule has 1 aliphatic rings. The van der Waals surface area contributed by atoms with Crippen molar-refractivity contribution >= 4 is 0 Å². The number of hydrogen-bond acceptors (Lipinski definition) is 2. The largest absolute Gasteiger partial charge is 0.375 e. The van der Waals surface area contributed by atoms with Gasteiger partial charge in [0.25, 0.3) is 0 Å². The Balaban J connectivity index is 2.61. The average molecular weight is 227 g/mol. The third kappa shape index (κ3) is 3.21. The molecule has 16 heavy (non-hydrogen) atoms. The van der Waals surface area contributed by atoms with E-state index in [4.69, 9.17) is 4.74 Å². The van der Waals surface area contributed by atoms with Gasteiger partial charge in [0.05, 0.1) is 12.2 Å². The molecule has 1 rings (SSSR count). The zero-order valence-electron chi connectivity index (χ0n) is 11.6. The van der Waals surface area contributed by atoms with Crippen molar-refractivity contribution in [3.63, 3.8) is 0 Å². The van der Waals surface area contributed by atoms with E-state index in [-0.39, 0.29) is 0 Å². The van der Waals surface area contributed by atoms with E-state index in [0.29, 0.717) is 30.1 Å². The summed E-state index contributed by atoms with van der Waals surface area (Å²) < 4.78 is 5.95. The fourth-order valence-electron chi connectivity index (χ4n) is 3.06. The van der Waals surface area contributed by atoms with Gasteiger partial charge < -0.3 is 10.1 Å². The zero-order valence-corrected chi connectivity index (χ0v) is 11.6. The highest BCUT2D eigenvalue weighted by Gasteiger charge is 2.40. The van der Waals surface area contributed by atoms with E-state index in [9.17, 15) is 0 Å². The molecule has 5 unspecified atom stereocenters. The van der Waals surface area contributed by atoms with E-state index in [2.05, 4.69) is 39.9 Å². The third-order valence-corrected chi connectivity index (χ3v) is 4.04. The lowest BCUT2D eigenvalue weighted by Crippen LogP contribution is -2.42. The number of rotatable bonds is 6. The van der Waals surface area contributed by atoms with Crippen LogP contribution in [0.4, 0.5) is 0 Å². The molecule has 1 N–H and O–H groups in total. The molecule has 0 amide bonds. The molecular formula is C14H29NO. The van der Waals surface area contributed by atoms with E-state index in [0.717, 1.165) is 6.54 Å². The maximum Gasteiger partial charge on any atom is 0.0597 e. The first-order valence-corrected chi connectivity index (χ1v) is 7.00. The van der Waals surface area contributed by atoms with Gasteiger partial charge in [0.2, 0.25) is 0 Å². The van der Waals surface area contributed by atoms with Crippen molar-refractivity contribution < 1.29 is 4.74 Å². The van der Waals surface area contributed by atoms with Crippen molar-refractivity contribution in [2.45, 2.75) is 72.1 Å². The van der Waals surface area contributed by atoms with Crippen molar-refractivity contribution in [1.29, 1.82) is 0 Å². The Morgan fingerprint density at radius 1 is 1.06 bits per heavy atom. The zero-order chi connectivity index (χ0) is 12.1. The summed E-state index contributed by atoms with van der Waals surface area (Å²) in [4.78, 5) is 0. The lowest BCUT2D eigenvalue weighted by atomic mass is 9.81.